The van der Waals surface area contributed by atoms with E-state index < -0.39 is 6.04 Å². The van der Waals surface area contributed by atoms with Crippen LogP contribution in [0.15, 0.2) is 18.2 Å². The maximum absolute atomic E-state index is 12.3. The van der Waals surface area contributed by atoms with E-state index in [-0.39, 0.29) is 11.3 Å². The summed E-state index contributed by atoms with van der Waals surface area (Å²) in [7, 11) is 0. The van der Waals surface area contributed by atoms with Crippen LogP contribution in [0.3, 0.4) is 0 Å². The Bertz CT molecular complexity index is 509. The van der Waals surface area contributed by atoms with Crippen LogP contribution in [0.25, 0.3) is 0 Å². The maximum Gasteiger partial charge on any atom is 0.241 e. The van der Waals surface area contributed by atoms with E-state index in [1.54, 1.807) is 0 Å². The Kier molecular flexibility index (Phi) is 7.68. The molecule has 130 valence electrons. The van der Waals surface area contributed by atoms with Crippen LogP contribution < -0.4 is 11.1 Å². The Hall–Kier alpha value is -1.43. The minimum Gasteiger partial charge on any atom is -0.379 e. The Balaban J connectivity index is 2.67. The molecule has 1 amide bonds. The summed E-state index contributed by atoms with van der Waals surface area (Å²) in [5.74, 6) is -0.171. The van der Waals surface area contributed by atoms with Gasteiger partial charge in [-0.3, -0.25) is 4.79 Å². The highest BCUT2D eigenvalue weighted by Gasteiger charge is 2.27. The van der Waals surface area contributed by atoms with Gasteiger partial charge in [0.1, 0.15) is 0 Å². The summed E-state index contributed by atoms with van der Waals surface area (Å²) < 4.78 is 10.8. The molecule has 0 aliphatic heterocycles. The number of nitrogens with two attached hydrogens (primary N) is 1. The van der Waals surface area contributed by atoms with Gasteiger partial charge in [0, 0.05) is 12.3 Å². The predicted molar refractivity (Wildman–Crippen MR) is 93.4 cm³/mol. The number of ether oxygens (including phenoxy) is 2. The van der Waals surface area contributed by atoms with Gasteiger partial charge in [-0.2, -0.15) is 0 Å². The van der Waals surface area contributed by atoms with Crippen molar-refractivity contribution in [2.24, 2.45) is 11.1 Å². The molecule has 5 heteroatoms. The molecular formula is C18H30N2O3. The number of anilines is 1. The van der Waals surface area contributed by atoms with Crippen molar-refractivity contribution in [1.29, 1.82) is 0 Å². The Morgan fingerprint density at radius 1 is 1.26 bits per heavy atom. The van der Waals surface area contributed by atoms with Crippen molar-refractivity contribution in [3.05, 3.63) is 29.3 Å². The van der Waals surface area contributed by atoms with Crippen molar-refractivity contribution in [3.63, 3.8) is 0 Å². The van der Waals surface area contributed by atoms with Crippen molar-refractivity contribution in [1.82, 2.24) is 0 Å². The van der Waals surface area contributed by atoms with Crippen LogP contribution in [-0.2, 0) is 20.9 Å². The summed E-state index contributed by atoms with van der Waals surface area (Å²) in [4.78, 5) is 12.3. The van der Waals surface area contributed by atoms with E-state index in [2.05, 4.69) is 5.32 Å². The van der Waals surface area contributed by atoms with E-state index in [0.29, 0.717) is 26.4 Å². The van der Waals surface area contributed by atoms with E-state index in [0.717, 1.165) is 16.8 Å². The molecule has 1 aromatic rings. The third kappa shape index (κ3) is 6.29. The zero-order valence-electron chi connectivity index (χ0n) is 14.9. The molecule has 0 saturated heterocycles. The number of carbonyl (C=O) groups is 1. The molecule has 0 spiro atoms. The monoisotopic (exact) mass is 322 g/mol. The highest BCUT2D eigenvalue weighted by atomic mass is 16.5. The fraction of sp³-hybridized carbons (Fsp3) is 0.611. The average Bonchev–Trinajstić information content (AvgIpc) is 2.48. The summed E-state index contributed by atoms with van der Waals surface area (Å²) in [5, 5.41) is 2.92. The van der Waals surface area contributed by atoms with Crippen LogP contribution >= 0.6 is 0 Å². The van der Waals surface area contributed by atoms with Crippen molar-refractivity contribution < 1.29 is 14.3 Å². The summed E-state index contributed by atoms with van der Waals surface area (Å²) in [6, 6.07) is 5.22. The molecule has 23 heavy (non-hydrogen) atoms. The molecular weight excluding hydrogens is 292 g/mol. The largest absolute Gasteiger partial charge is 0.379 e. The molecule has 0 saturated carbocycles. The molecule has 0 fully saturated rings. The van der Waals surface area contributed by atoms with Crippen LogP contribution in [0.1, 0.15) is 38.8 Å². The van der Waals surface area contributed by atoms with Crippen LogP contribution in [0.5, 0.6) is 0 Å². The number of amides is 1. The van der Waals surface area contributed by atoms with Crippen LogP contribution in [0.2, 0.25) is 0 Å². The van der Waals surface area contributed by atoms with Crippen molar-refractivity contribution >= 4 is 11.6 Å². The fourth-order valence-electron chi connectivity index (χ4n) is 2.02. The van der Waals surface area contributed by atoms with Gasteiger partial charge in [0.25, 0.3) is 0 Å². The summed E-state index contributed by atoms with van der Waals surface area (Å²) >= 11 is 0. The lowest BCUT2D eigenvalue weighted by atomic mass is 9.87. The zero-order valence-corrected chi connectivity index (χ0v) is 14.9. The maximum atomic E-state index is 12.3. The highest BCUT2D eigenvalue weighted by molar-refractivity contribution is 5.95. The number of hydrogen-bond acceptors (Lipinski definition) is 4. The van der Waals surface area contributed by atoms with Crippen LogP contribution in [0, 0.1) is 12.3 Å². The van der Waals surface area contributed by atoms with Gasteiger partial charge < -0.3 is 20.5 Å². The van der Waals surface area contributed by atoms with Crippen molar-refractivity contribution in [3.8, 4) is 0 Å². The zero-order chi connectivity index (χ0) is 17.5. The van der Waals surface area contributed by atoms with E-state index in [4.69, 9.17) is 15.2 Å². The van der Waals surface area contributed by atoms with Gasteiger partial charge in [0.15, 0.2) is 0 Å². The summed E-state index contributed by atoms with van der Waals surface area (Å²) in [6.45, 7) is 12.1. The Labute approximate surface area is 139 Å². The van der Waals surface area contributed by atoms with E-state index in [9.17, 15) is 4.79 Å². The van der Waals surface area contributed by atoms with E-state index >= 15 is 0 Å². The lowest BCUT2D eigenvalue weighted by molar-refractivity contribution is -0.119. The number of benzene rings is 1. The average molecular weight is 322 g/mol. The summed E-state index contributed by atoms with van der Waals surface area (Å²) in [5.41, 5.74) is 8.55. The fourth-order valence-corrected chi connectivity index (χ4v) is 2.02. The first-order chi connectivity index (χ1) is 10.8. The lowest BCUT2D eigenvalue weighted by Crippen LogP contribution is -2.45. The van der Waals surface area contributed by atoms with Gasteiger partial charge in [0.2, 0.25) is 5.91 Å². The lowest BCUT2D eigenvalue weighted by Gasteiger charge is -2.26. The number of hydrogen-bond donors (Lipinski definition) is 2. The SMILES string of the molecule is CCOCCOCc1cccc(NC(=O)[C@@H](N)C(C)(C)C)c1C. The number of rotatable bonds is 8. The molecule has 3 N–H and O–H groups in total. The van der Waals surface area contributed by atoms with Gasteiger partial charge in [-0.05, 0) is 36.5 Å². The molecule has 0 radical (unpaired) electrons. The molecule has 0 bridgehead atoms. The minimum absolute atomic E-state index is 0.171. The number of carbonyl (C=O) groups excluding carboxylic acids is 1. The quantitative estimate of drug-likeness (QED) is 0.722. The standard InChI is InChI=1S/C18H30N2O3/c1-6-22-10-11-23-12-14-8-7-9-15(13(14)2)20-17(21)16(19)18(3,4)5/h7-9,16H,6,10-12,19H2,1-5H3,(H,20,21)/t16-/m1/s1. The normalized spacial score (nSPS) is 13.0. The van der Waals surface area contributed by atoms with E-state index in [1.807, 2.05) is 52.8 Å². The highest BCUT2D eigenvalue weighted by Crippen LogP contribution is 2.22. The molecule has 1 atom stereocenters. The molecule has 0 heterocycles. The Morgan fingerprint density at radius 2 is 1.91 bits per heavy atom. The van der Waals surface area contributed by atoms with Gasteiger partial charge in [-0.15, -0.1) is 0 Å². The van der Waals surface area contributed by atoms with Gasteiger partial charge in [0.05, 0.1) is 25.9 Å². The third-order valence-electron chi connectivity index (χ3n) is 3.75. The topological polar surface area (TPSA) is 73.6 Å². The molecule has 0 unspecified atom stereocenters. The minimum atomic E-state index is -0.562. The molecule has 0 aliphatic rings. The second kappa shape index (κ2) is 9.01. The van der Waals surface area contributed by atoms with Crippen LogP contribution in [-0.4, -0.2) is 31.8 Å². The van der Waals surface area contributed by atoms with Crippen molar-refractivity contribution in [2.75, 3.05) is 25.1 Å². The molecule has 1 rings (SSSR count). The first-order valence-electron chi connectivity index (χ1n) is 8.07. The first kappa shape index (κ1) is 19.6. The second-order valence-electron chi connectivity index (χ2n) is 6.67. The smallest absolute Gasteiger partial charge is 0.241 e. The Morgan fingerprint density at radius 3 is 2.52 bits per heavy atom. The van der Waals surface area contributed by atoms with Gasteiger partial charge in [-0.1, -0.05) is 32.9 Å². The van der Waals surface area contributed by atoms with Crippen molar-refractivity contribution in [2.45, 2.75) is 47.3 Å². The second-order valence-corrected chi connectivity index (χ2v) is 6.67. The molecule has 5 nitrogen and oxygen atoms in total. The summed E-state index contributed by atoms with van der Waals surface area (Å²) in [6.07, 6.45) is 0. The molecule has 1 aromatic carbocycles. The number of nitrogens with one attached hydrogen (secondary N) is 1. The third-order valence-corrected chi connectivity index (χ3v) is 3.75. The van der Waals surface area contributed by atoms with Gasteiger partial charge >= 0.3 is 0 Å². The molecule has 0 aromatic heterocycles. The van der Waals surface area contributed by atoms with Gasteiger partial charge in [-0.25, -0.2) is 0 Å². The van der Waals surface area contributed by atoms with Crippen LogP contribution in [0.4, 0.5) is 5.69 Å². The first-order valence-corrected chi connectivity index (χ1v) is 8.07. The van der Waals surface area contributed by atoms with E-state index in [1.165, 1.54) is 0 Å². The molecule has 0 aliphatic carbocycles. The predicted octanol–water partition coefficient (Wildman–Crippen LogP) is 2.86.